The minimum atomic E-state index is -1.69. The molecule has 7 rings (SSSR count). The molecular weight excluding hydrogens is 541 g/mol. The van der Waals surface area contributed by atoms with E-state index in [1.807, 2.05) is 70.2 Å². The fourth-order valence-corrected chi connectivity index (χ4v) is 6.65. The number of hydrogen-bond donors (Lipinski definition) is 0. The first-order chi connectivity index (χ1) is 22.7. The van der Waals surface area contributed by atoms with Gasteiger partial charge < -0.3 is 4.42 Å². The standard InChI is InChI=1S/C41H41FNO/c1-26-10-19-33-34-20-21-35(42)38(32-17-15-31(16-18-32)30-13-11-29(12-14-30)28-8-6-7-9-28)40(34)44-39(33)37(26)36-24-27(22-23-43(36)5)25-41(2,3)4/h10-24,28H,6-9,25H2,1-5H3/q+1/i23D,25D2,28D. The molecule has 6 aromatic rings. The highest BCUT2D eigenvalue weighted by molar-refractivity contribution is 6.13. The Balaban J connectivity index is 1.34. The van der Waals surface area contributed by atoms with E-state index in [1.165, 1.54) is 6.07 Å². The number of aromatic nitrogens is 1. The lowest BCUT2D eigenvalue weighted by atomic mass is 9.88. The second kappa shape index (κ2) is 11.0. The average molecular weight is 587 g/mol. The summed E-state index contributed by atoms with van der Waals surface area (Å²) in [5, 5.41) is 1.61. The van der Waals surface area contributed by atoms with Gasteiger partial charge in [0.1, 0.15) is 25.4 Å². The maximum absolute atomic E-state index is 15.8. The molecule has 1 saturated carbocycles. The largest absolute Gasteiger partial charge is 0.454 e. The summed E-state index contributed by atoms with van der Waals surface area (Å²) in [4.78, 5) is 0. The van der Waals surface area contributed by atoms with E-state index in [4.69, 9.17) is 9.90 Å². The van der Waals surface area contributed by atoms with Crippen LogP contribution in [0.1, 0.15) is 74.5 Å². The van der Waals surface area contributed by atoms with E-state index in [1.54, 1.807) is 23.7 Å². The smallest absolute Gasteiger partial charge is 0.216 e. The predicted octanol–water partition coefficient (Wildman–Crippen LogP) is 11.1. The number of rotatable bonds is 5. The fourth-order valence-electron chi connectivity index (χ4n) is 6.65. The van der Waals surface area contributed by atoms with E-state index in [0.717, 1.165) is 64.3 Å². The maximum atomic E-state index is 15.8. The maximum Gasteiger partial charge on any atom is 0.216 e. The Morgan fingerprint density at radius 2 is 1.43 bits per heavy atom. The molecule has 4 aromatic carbocycles. The number of hydrogen-bond acceptors (Lipinski definition) is 1. The molecule has 0 amide bonds. The molecule has 2 nitrogen and oxygen atoms in total. The molecule has 2 heterocycles. The predicted molar refractivity (Wildman–Crippen MR) is 180 cm³/mol. The van der Waals surface area contributed by atoms with Gasteiger partial charge in [0.05, 0.1) is 11.1 Å². The van der Waals surface area contributed by atoms with Crippen molar-refractivity contribution in [1.82, 2.24) is 0 Å². The molecule has 0 unspecified atom stereocenters. The number of benzene rings is 4. The highest BCUT2D eigenvalue weighted by Crippen LogP contribution is 2.42. The van der Waals surface area contributed by atoms with E-state index in [9.17, 15) is 0 Å². The molecule has 222 valence electrons. The van der Waals surface area contributed by atoms with E-state index in [2.05, 4.69) is 24.3 Å². The van der Waals surface area contributed by atoms with Gasteiger partial charge in [-0.1, -0.05) is 94.3 Å². The molecule has 0 N–H and O–H groups in total. The lowest BCUT2D eigenvalue weighted by Crippen LogP contribution is -2.31. The summed E-state index contributed by atoms with van der Waals surface area (Å²) in [7, 11) is 1.80. The minimum Gasteiger partial charge on any atom is -0.454 e. The van der Waals surface area contributed by atoms with Crippen molar-refractivity contribution < 1.29 is 18.9 Å². The zero-order chi connectivity index (χ0) is 34.2. The summed E-state index contributed by atoms with van der Waals surface area (Å²) in [6, 6.07) is 26.8. The van der Waals surface area contributed by atoms with E-state index in [-0.39, 0.29) is 12.0 Å². The number of halogens is 1. The van der Waals surface area contributed by atoms with Crippen LogP contribution in [0.5, 0.6) is 0 Å². The van der Waals surface area contributed by atoms with Crippen molar-refractivity contribution in [2.24, 2.45) is 12.5 Å². The van der Waals surface area contributed by atoms with Crippen molar-refractivity contribution in [3.8, 4) is 33.5 Å². The second-order valence-corrected chi connectivity index (χ2v) is 13.2. The van der Waals surface area contributed by atoms with Crippen LogP contribution >= 0.6 is 0 Å². The summed E-state index contributed by atoms with van der Waals surface area (Å²) in [6.07, 6.45) is 2.52. The Hall–Kier alpha value is -4.24. The summed E-state index contributed by atoms with van der Waals surface area (Å²) >= 11 is 0. The third-order valence-corrected chi connectivity index (χ3v) is 8.82. The first kappa shape index (κ1) is 24.1. The summed E-state index contributed by atoms with van der Waals surface area (Å²) in [5.74, 6) is -0.860. The van der Waals surface area contributed by atoms with Gasteiger partial charge in [0.2, 0.25) is 5.69 Å². The molecule has 0 saturated heterocycles. The summed E-state index contributed by atoms with van der Waals surface area (Å²) in [5.41, 5.74) is 7.30. The topological polar surface area (TPSA) is 17.0 Å². The van der Waals surface area contributed by atoms with Gasteiger partial charge in [-0.2, -0.15) is 0 Å². The number of furan rings is 1. The highest BCUT2D eigenvalue weighted by atomic mass is 19.1. The molecule has 44 heavy (non-hydrogen) atoms. The zero-order valence-electron chi connectivity index (χ0n) is 30.1. The minimum absolute atomic E-state index is 0.183. The molecule has 2 aromatic heterocycles. The van der Waals surface area contributed by atoms with Crippen LogP contribution in [0.3, 0.4) is 0 Å². The van der Waals surface area contributed by atoms with E-state index >= 15 is 4.39 Å². The second-order valence-electron chi connectivity index (χ2n) is 13.2. The van der Waals surface area contributed by atoms with Crippen LogP contribution in [0.25, 0.3) is 55.4 Å². The zero-order valence-corrected chi connectivity index (χ0v) is 26.1. The Kier molecular flexibility index (Phi) is 6.05. The van der Waals surface area contributed by atoms with Gasteiger partial charge in [-0.25, -0.2) is 8.96 Å². The van der Waals surface area contributed by atoms with Crippen LogP contribution in [0.15, 0.2) is 95.5 Å². The Labute approximate surface area is 265 Å². The third kappa shape index (κ3) is 5.23. The van der Waals surface area contributed by atoms with E-state index < -0.39 is 17.7 Å². The summed E-state index contributed by atoms with van der Waals surface area (Å²) in [6.45, 7) is 7.55. The molecule has 0 bridgehead atoms. The van der Waals surface area contributed by atoms with Crippen LogP contribution < -0.4 is 4.57 Å². The molecule has 0 spiro atoms. The van der Waals surface area contributed by atoms with Gasteiger partial charge in [-0.15, -0.1) is 0 Å². The van der Waals surface area contributed by atoms with Gasteiger partial charge in [0.25, 0.3) is 0 Å². The molecule has 0 atom stereocenters. The third-order valence-electron chi connectivity index (χ3n) is 8.82. The lowest BCUT2D eigenvalue weighted by Gasteiger charge is -2.18. The van der Waals surface area contributed by atoms with Crippen molar-refractivity contribution in [3.63, 3.8) is 0 Å². The number of pyridine rings is 1. The quantitative estimate of drug-likeness (QED) is 0.184. The SMILES string of the molecule is [2H]c1cc(C([2H])([2H])C(C)(C)C)cc(-c2c(C)ccc3c2oc2c(-c4ccc(-c5ccc(C6([2H])CCCC6)cc5)cc4)c(F)ccc23)[n+]1C. The van der Waals surface area contributed by atoms with E-state index in [0.29, 0.717) is 33.6 Å². The average Bonchev–Trinajstić information content (AvgIpc) is 3.66. The van der Waals surface area contributed by atoms with Gasteiger partial charge in [0.15, 0.2) is 6.17 Å². The normalized spacial score (nSPS) is 16.6. The van der Waals surface area contributed by atoms with Crippen LogP contribution in [0.2, 0.25) is 0 Å². The molecular formula is C41H41FNO+. The Morgan fingerprint density at radius 1 is 0.841 bits per heavy atom. The summed E-state index contributed by atoms with van der Waals surface area (Å²) < 4.78 is 59.5. The van der Waals surface area contributed by atoms with Gasteiger partial charge >= 0.3 is 0 Å². The van der Waals surface area contributed by atoms with Crippen LogP contribution in [0, 0.1) is 18.2 Å². The first-order valence-electron chi connectivity index (χ1n) is 17.6. The Morgan fingerprint density at radius 3 is 2.09 bits per heavy atom. The van der Waals surface area contributed by atoms with Crippen molar-refractivity contribution in [1.29, 1.82) is 0 Å². The molecule has 1 aliphatic carbocycles. The first-order valence-corrected chi connectivity index (χ1v) is 15.6. The van der Waals surface area contributed by atoms with Crippen LogP contribution in [0.4, 0.5) is 4.39 Å². The van der Waals surface area contributed by atoms with Gasteiger partial charge in [0, 0.05) is 27.0 Å². The molecule has 3 heteroatoms. The molecule has 1 fully saturated rings. The molecule has 0 radical (unpaired) electrons. The van der Waals surface area contributed by atoms with Gasteiger partial charge in [-0.3, -0.25) is 0 Å². The number of aryl methyl sites for hydroxylation is 1. The van der Waals surface area contributed by atoms with Crippen molar-refractivity contribution >= 4 is 21.9 Å². The number of fused-ring (bicyclic) bond motifs is 3. The Bertz CT molecular complexity index is 2190. The van der Waals surface area contributed by atoms with Crippen molar-refractivity contribution in [2.45, 2.75) is 65.6 Å². The van der Waals surface area contributed by atoms with Crippen LogP contribution in [-0.4, -0.2) is 0 Å². The van der Waals surface area contributed by atoms with Crippen molar-refractivity contribution in [2.75, 3.05) is 0 Å². The van der Waals surface area contributed by atoms with Gasteiger partial charge in [-0.05, 0) is 83.0 Å². The highest BCUT2D eigenvalue weighted by Gasteiger charge is 2.24. The lowest BCUT2D eigenvalue weighted by molar-refractivity contribution is -0.660. The monoisotopic (exact) mass is 586 g/mol. The molecule has 1 aliphatic rings. The molecule has 0 aliphatic heterocycles. The van der Waals surface area contributed by atoms with Crippen LogP contribution in [-0.2, 0) is 13.4 Å². The fraction of sp³-hybridized carbons (Fsp3) is 0.293. The van der Waals surface area contributed by atoms with Crippen molar-refractivity contribution in [3.05, 3.63) is 114 Å². The number of nitrogens with zero attached hydrogens (tertiary/aromatic N) is 1.